The Morgan fingerprint density at radius 3 is 2.56 bits per heavy atom. The van der Waals surface area contributed by atoms with Gasteiger partial charge in [-0.2, -0.15) is 0 Å². The molecule has 1 atom stereocenters. The minimum atomic E-state index is -3.09. The number of carbonyl (C=O) groups excluding carboxylic acids is 2. The molecule has 0 unspecified atom stereocenters. The standard InChI is InChI=1S/C19H20N2O5S/c22-18(21(14-6-7-14)15-9-10-27(24,25)12-15)11-26-19(23)17-8-5-13-3-1-2-4-16(13)20-17/h1-5,8,14-15H,6-7,9-12H2/t15-/m1/s1. The molecule has 8 heteroatoms. The number of benzene rings is 1. The van der Waals surface area contributed by atoms with Crippen molar-refractivity contribution in [2.45, 2.75) is 31.3 Å². The summed E-state index contributed by atoms with van der Waals surface area (Å²) in [6.45, 7) is -0.402. The molecule has 2 aromatic rings. The number of carbonyl (C=O) groups is 2. The monoisotopic (exact) mass is 388 g/mol. The number of nitrogens with zero attached hydrogens (tertiary/aromatic N) is 2. The maximum atomic E-state index is 12.6. The molecule has 0 N–H and O–H groups in total. The van der Waals surface area contributed by atoms with Crippen LogP contribution in [0.3, 0.4) is 0 Å². The van der Waals surface area contributed by atoms with Crippen LogP contribution in [0.2, 0.25) is 0 Å². The predicted octanol–water partition coefficient (Wildman–Crippen LogP) is 1.57. The normalized spacial score (nSPS) is 21.1. The zero-order chi connectivity index (χ0) is 19.0. The van der Waals surface area contributed by atoms with Crippen LogP contribution in [0, 0.1) is 0 Å². The van der Waals surface area contributed by atoms with E-state index in [2.05, 4.69) is 4.98 Å². The number of aromatic nitrogens is 1. The van der Waals surface area contributed by atoms with Gasteiger partial charge in [0.1, 0.15) is 5.69 Å². The number of amides is 1. The minimum Gasteiger partial charge on any atom is -0.451 e. The predicted molar refractivity (Wildman–Crippen MR) is 99.0 cm³/mol. The Morgan fingerprint density at radius 1 is 1.07 bits per heavy atom. The van der Waals surface area contributed by atoms with E-state index in [1.165, 1.54) is 0 Å². The van der Waals surface area contributed by atoms with Crippen LogP contribution in [0.1, 0.15) is 29.8 Å². The zero-order valence-corrected chi connectivity index (χ0v) is 15.5. The summed E-state index contributed by atoms with van der Waals surface area (Å²) in [6, 6.07) is 10.5. The van der Waals surface area contributed by atoms with Crippen molar-refractivity contribution < 1.29 is 22.7 Å². The Morgan fingerprint density at radius 2 is 1.85 bits per heavy atom. The van der Waals surface area contributed by atoms with E-state index < -0.39 is 22.4 Å². The van der Waals surface area contributed by atoms with E-state index in [1.807, 2.05) is 18.2 Å². The number of para-hydroxylation sites is 1. The number of ether oxygens (including phenoxy) is 1. The van der Waals surface area contributed by atoms with Gasteiger partial charge in [-0.1, -0.05) is 24.3 Å². The van der Waals surface area contributed by atoms with Crippen LogP contribution in [0.25, 0.3) is 10.9 Å². The number of fused-ring (bicyclic) bond motifs is 1. The second kappa shape index (κ2) is 6.92. The van der Waals surface area contributed by atoms with Crippen LogP contribution < -0.4 is 0 Å². The molecule has 2 heterocycles. The second-order valence-electron chi connectivity index (χ2n) is 7.05. The Labute approximate surface area is 157 Å². The highest BCUT2D eigenvalue weighted by Gasteiger charge is 2.42. The van der Waals surface area contributed by atoms with Crippen LogP contribution in [0.4, 0.5) is 0 Å². The third-order valence-electron chi connectivity index (χ3n) is 4.96. The van der Waals surface area contributed by atoms with Gasteiger partial charge in [0.15, 0.2) is 16.4 Å². The second-order valence-corrected chi connectivity index (χ2v) is 9.28. The van der Waals surface area contributed by atoms with Gasteiger partial charge in [-0.15, -0.1) is 0 Å². The van der Waals surface area contributed by atoms with Gasteiger partial charge in [-0.25, -0.2) is 18.2 Å². The van der Waals surface area contributed by atoms with E-state index in [9.17, 15) is 18.0 Å². The third-order valence-corrected chi connectivity index (χ3v) is 6.71. The van der Waals surface area contributed by atoms with E-state index in [-0.39, 0.29) is 35.2 Å². The van der Waals surface area contributed by atoms with Crippen LogP contribution in [-0.4, -0.2) is 60.4 Å². The summed E-state index contributed by atoms with van der Waals surface area (Å²) < 4.78 is 28.6. The van der Waals surface area contributed by atoms with Crippen LogP contribution in [0.15, 0.2) is 36.4 Å². The molecule has 0 spiro atoms. The number of rotatable bonds is 5. The fourth-order valence-electron chi connectivity index (χ4n) is 3.51. The first kappa shape index (κ1) is 17.9. The number of sulfone groups is 1. The molecular weight excluding hydrogens is 368 g/mol. The van der Waals surface area contributed by atoms with Crippen molar-refractivity contribution in [2.75, 3.05) is 18.1 Å². The van der Waals surface area contributed by atoms with Crippen LogP contribution in [0.5, 0.6) is 0 Å². The lowest BCUT2D eigenvalue weighted by atomic mass is 10.2. The largest absolute Gasteiger partial charge is 0.451 e. The fourth-order valence-corrected chi connectivity index (χ4v) is 5.22. The van der Waals surface area contributed by atoms with Crippen molar-refractivity contribution in [3.8, 4) is 0 Å². The first-order valence-electron chi connectivity index (χ1n) is 8.97. The maximum Gasteiger partial charge on any atom is 0.357 e. The van der Waals surface area contributed by atoms with Crippen molar-refractivity contribution >= 4 is 32.6 Å². The van der Waals surface area contributed by atoms with Gasteiger partial charge in [0.25, 0.3) is 5.91 Å². The van der Waals surface area contributed by atoms with Crippen molar-refractivity contribution in [3.63, 3.8) is 0 Å². The highest BCUT2D eigenvalue weighted by molar-refractivity contribution is 7.91. The molecule has 1 aromatic carbocycles. The van der Waals surface area contributed by atoms with Crippen LogP contribution >= 0.6 is 0 Å². The molecule has 142 valence electrons. The maximum absolute atomic E-state index is 12.6. The SMILES string of the molecule is O=C(OCC(=O)N(C1CC1)[C@@H]1CCS(=O)(=O)C1)c1ccc2ccccc2n1. The number of esters is 1. The molecule has 0 bridgehead atoms. The van der Waals surface area contributed by atoms with E-state index in [4.69, 9.17) is 4.74 Å². The summed E-state index contributed by atoms with van der Waals surface area (Å²) in [5.41, 5.74) is 0.817. The molecule has 1 saturated heterocycles. The van der Waals surface area contributed by atoms with Crippen molar-refractivity contribution in [2.24, 2.45) is 0 Å². The molecule has 27 heavy (non-hydrogen) atoms. The summed E-state index contributed by atoms with van der Waals surface area (Å²) in [5.74, 6) is -0.901. The smallest absolute Gasteiger partial charge is 0.357 e. The lowest BCUT2D eigenvalue weighted by Gasteiger charge is -2.28. The Bertz CT molecular complexity index is 1000. The van der Waals surface area contributed by atoms with Gasteiger partial charge >= 0.3 is 5.97 Å². The molecule has 1 aromatic heterocycles. The van der Waals surface area contributed by atoms with Crippen molar-refractivity contribution in [3.05, 3.63) is 42.1 Å². The molecule has 1 aliphatic carbocycles. The Kier molecular flexibility index (Phi) is 4.59. The Hall–Kier alpha value is -2.48. The van der Waals surface area contributed by atoms with Gasteiger partial charge < -0.3 is 9.64 Å². The summed E-state index contributed by atoms with van der Waals surface area (Å²) in [6.07, 6.45) is 2.18. The number of hydrogen-bond donors (Lipinski definition) is 0. The average molecular weight is 388 g/mol. The minimum absolute atomic E-state index is 0.00455. The first-order valence-corrected chi connectivity index (χ1v) is 10.8. The molecule has 1 saturated carbocycles. The highest BCUT2D eigenvalue weighted by Crippen LogP contribution is 2.32. The third kappa shape index (κ3) is 3.95. The number of pyridine rings is 1. The van der Waals surface area contributed by atoms with E-state index in [0.29, 0.717) is 11.9 Å². The summed E-state index contributed by atoms with van der Waals surface area (Å²) in [4.78, 5) is 30.8. The summed E-state index contributed by atoms with van der Waals surface area (Å²) >= 11 is 0. The van der Waals surface area contributed by atoms with E-state index >= 15 is 0 Å². The van der Waals surface area contributed by atoms with Crippen LogP contribution in [-0.2, 0) is 19.4 Å². The quantitative estimate of drug-likeness (QED) is 0.722. The first-order chi connectivity index (χ1) is 12.9. The Balaban J connectivity index is 1.41. The number of hydrogen-bond acceptors (Lipinski definition) is 6. The van der Waals surface area contributed by atoms with E-state index in [1.54, 1.807) is 23.1 Å². The highest BCUT2D eigenvalue weighted by atomic mass is 32.2. The van der Waals surface area contributed by atoms with Crippen molar-refractivity contribution in [1.82, 2.24) is 9.88 Å². The molecule has 4 rings (SSSR count). The molecule has 1 amide bonds. The topological polar surface area (TPSA) is 93.6 Å². The summed E-state index contributed by atoms with van der Waals surface area (Å²) in [5, 5.41) is 0.910. The molecule has 2 fully saturated rings. The average Bonchev–Trinajstić information content (AvgIpc) is 3.42. The lowest BCUT2D eigenvalue weighted by molar-refractivity contribution is -0.137. The van der Waals surface area contributed by atoms with Gasteiger partial charge in [-0.05, 0) is 31.4 Å². The fraction of sp³-hybridized carbons (Fsp3) is 0.421. The van der Waals surface area contributed by atoms with Crippen molar-refractivity contribution in [1.29, 1.82) is 0 Å². The van der Waals surface area contributed by atoms with Gasteiger partial charge in [0, 0.05) is 17.5 Å². The van der Waals surface area contributed by atoms with Gasteiger partial charge in [0.2, 0.25) is 0 Å². The van der Waals surface area contributed by atoms with Gasteiger partial charge in [0.05, 0.1) is 17.0 Å². The molecule has 2 aliphatic rings. The van der Waals surface area contributed by atoms with E-state index in [0.717, 1.165) is 18.2 Å². The molecule has 7 nitrogen and oxygen atoms in total. The molecule has 1 aliphatic heterocycles. The molecular formula is C19H20N2O5S. The summed E-state index contributed by atoms with van der Waals surface area (Å²) in [7, 11) is -3.09. The zero-order valence-electron chi connectivity index (χ0n) is 14.7. The molecule has 0 radical (unpaired) electrons. The van der Waals surface area contributed by atoms with Gasteiger partial charge in [-0.3, -0.25) is 4.79 Å². The lowest BCUT2D eigenvalue weighted by Crippen LogP contribution is -2.44.